The highest BCUT2D eigenvalue weighted by Gasteiger charge is 2.39. The molecule has 118 valence electrons. The number of nitrogens with zero attached hydrogens (tertiary/aromatic N) is 3. The molecule has 1 unspecified atom stereocenters. The second-order valence-electron chi connectivity index (χ2n) is 5.69. The fourth-order valence-electron chi connectivity index (χ4n) is 2.30. The second-order valence-corrected chi connectivity index (χ2v) is 5.69. The van der Waals surface area contributed by atoms with Crippen LogP contribution in [0.15, 0.2) is 33.0 Å². The van der Waals surface area contributed by atoms with Crippen LogP contribution in [0.3, 0.4) is 0 Å². The number of rotatable bonds is 9. The van der Waals surface area contributed by atoms with Crippen LogP contribution in [0, 0.1) is 12.3 Å². The van der Waals surface area contributed by atoms with Crippen molar-refractivity contribution in [3.05, 3.63) is 24.2 Å². The maximum absolute atomic E-state index is 12.0. The highest BCUT2D eigenvalue weighted by molar-refractivity contribution is 5.76. The van der Waals surface area contributed by atoms with Crippen molar-refractivity contribution in [2.75, 3.05) is 20.6 Å². The van der Waals surface area contributed by atoms with Crippen LogP contribution in [0.25, 0.3) is 0 Å². The molecule has 6 nitrogen and oxygen atoms in total. The number of carbonyl (C=O) groups excluding carboxylic acids is 1. The third-order valence-corrected chi connectivity index (χ3v) is 3.79. The van der Waals surface area contributed by atoms with E-state index in [9.17, 15) is 4.79 Å². The van der Waals surface area contributed by atoms with Gasteiger partial charge in [0.2, 0.25) is 5.91 Å². The lowest BCUT2D eigenvalue weighted by Gasteiger charge is -2.22. The smallest absolute Gasteiger partial charge is 0.220 e. The van der Waals surface area contributed by atoms with Crippen LogP contribution in [-0.4, -0.2) is 37.1 Å². The molecule has 1 N–H and O–H groups in total. The highest BCUT2D eigenvalue weighted by atomic mass is 16.3. The van der Waals surface area contributed by atoms with Crippen molar-refractivity contribution in [2.24, 2.45) is 10.2 Å². The lowest BCUT2D eigenvalue weighted by atomic mass is 10.0. The average Bonchev–Trinajstić information content (AvgIpc) is 3.06. The first-order valence-electron chi connectivity index (χ1n) is 7.40. The SMILES string of the molecule is C#CCCC1(CCC(=O)NCC(c2ccco2)N(C)C)N=N1. The molecule has 0 aliphatic carbocycles. The first-order chi connectivity index (χ1) is 10.6. The van der Waals surface area contributed by atoms with E-state index in [0.29, 0.717) is 25.8 Å². The third-order valence-electron chi connectivity index (χ3n) is 3.79. The summed E-state index contributed by atoms with van der Waals surface area (Å²) in [6, 6.07) is 3.77. The lowest BCUT2D eigenvalue weighted by molar-refractivity contribution is -0.121. The van der Waals surface area contributed by atoms with Gasteiger partial charge in [-0.25, -0.2) is 0 Å². The summed E-state index contributed by atoms with van der Waals surface area (Å²) in [5.74, 6) is 3.42. The predicted octanol–water partition coefficient (Wildman–Crippen LogP) is 2.35. The van der Waals surface area contributed by atoms with E-state index >= 15 is 0 Å². The Hall–Kier alpha value is -2.13. The van der Waals surface area contributed by atoms with Crippen molar-refractivity contribution in [3.63, 3.8) is 0 Å². The van der Waals surface area contributed by atoms with Crippen molar-refractivity contribution in [2.45, 2.75) is 37.4 Å². The van der Waals surface area contributed by atoms with Crippen molar-refractivity contribution >= 4 is 5.91 Å². The Balaban J connectivity index is 1.74. The van der Waals surface area contributed by atoms with Crippen LogP contribution in [0.5, 0.6) is 0 Å². The van der Waals surface area contributed by atoms with Gasteiger partial charge in [0.15, 0.2) is 5.66 Å². The number of carbonyl (C=O) groups is 1. The van der Waals surface area contributed by atoms with Gasteiger partial charge >= 0.3 is 0 Å². The predicted molar refractivity (Wildman–Crippen MR) is 83.0 cm³/mol. The van der Waals surface area contributed by atoms with E-state index in [1.165, 1.54) is 0 Å². The summed E-state index contributed by atoms with van der Waals surface area (Å²) < 4.78 is 5.42. The van der Waals surface area contributed by atoms with E-state index in [1.54, 1.807) is 6.26 Å². The molecule has 1 amide bonds. The Labute approximate surface area is 131 Å². The van der Waals surface area contributed by atoms with Gasteiger partial charge in [0.1, 0.15) is 5.76 Å². The van der Waals surface area contributed by atoms with Gasteiger partial charge in [-0.05, 0) is 26.2 Å². The molecule has 0 radical (unpaired) electrons. The number of likely N-dealkylation sites (N-methyl/N-ethyl adjacent to an activating group) is 1. The van der Waals surface area contributed by atoms with Crippen molar-refractivity contribution < 1.29 is 9.21 Å². The number of hydrogen-bond acceptors (Lipinski definition) is 5. The standard InChI is InChI=1S/C16H22N4O2/c1-4-5-9-16(18-19-16)10-8-15(21)17-12-13(20(2)3)14-7-6-11-22-14/h1,6-7,11,13H,5,8-10,12H2,2-3H3,(H,17,21). The Bertz CT molecular complexity index is 551. The van der Waals surface area contributed by atoms with Gasteiger partial charge in [0, 0.05) is 32.2 Å². The maximum Gasteiger partial charge on any atom is 0.220 e. The van der Waals surface area contributed by atoms with Crippen LogP contribution in [0.2, 0.25) is 0 Å². The Morgan fingerprint density at radius 1 is 1.50 bits per heavy atom. The lowest BCUT2D eigenvalue weighted by Crippen LogP contribution is -2.34. The molecule has 1 aliphatic heterocycles. The van der Waals surface area contributed by atoms with Gasteiger partial charge in [-0.3, -0.25) is 9.69 Å². The van der Waals surface area contributed by atoms with Crippen molar-refractivity contribution in [1.29, 1.82) is 0 Å². The molecule has 0 spiro atoms. The number of amides is 1. The zero-order valence-corrected chi connectivity index (χ0v) is 13.1. The van der Waals surface area contributed by atoms with Crippen molar-refractivity contribution in [1.82, 2.24) is 10.2 Å². The molecule has 0 bridgehead atoms. The number of hydrogen-bond donors (Lipinski definition) is 1. The minimum atomic E-state index is -0.397. The van der Waals surface area contributed by atoms with Crippen LogP contribution < -0.4 is 5.32 Å². The van der Waals surface area contributed by atoms with E-state index in [-0.39, 0.29) is 11.9 Å². The first-order valence-corrected chi connectivity index (χ1v) is 7.40. The zero-order valence-electron chi connectivity index (χ0n) is 13.1. The van der Waals surface area contributed by atoms with Crippen LogP contribution in [-0.2, 0) is 4.79 Å². The van der Waals surface area contributed by atoms with E-state index in [0.717, 1.165) is 12.2 Å². The van der Waals surface area contributed by atoms with Gasteiger partial charge < -0.3 is 9.73 Å². The van der Waals surface area contributed by atoms with Crippen LogP contribution in [0.4, 0.5) is 0 Å². The maximum atomic E-state index is 12.0. The summed E-state index contributed by atoms with van der Waals surface area (Å²) in [5, 5.41) is 11.0. The fourth-order valence-corrected chi connectivity index (χ4v) is 2.30. The average molecular weight is 302 g/mol. The summed E-state index contributed by atoms with van der Waals surface area (Å²) in [6.07, 6.45) is 9.26. The minimum Gasteiger partial charge on any atom is -0.468 e. The molecular formula is C16H22N4O2. The van der Waals surface area contributed by atoms with E-state index in [4.69, 9.17) is 10.8 Å². The molecule has 22 heavy (non-hydrogen) atoms. The number of nitrogens with one attached hydrogen (secondary N) is 1. The summed E-state index contributed by atoms with van der Waals surface area (Å²) in [4.78, 5) is 14.0. The highest BCUT2D eigenvalue weighted by Crippen LogP contribution is 2.37. The molecule has 2 rings (SSSR count). The quantitative estimate of drug-likeness (QED) is 0.712. The first kappa shape index (κ1) is 16.2. The largest absolute Gasteiger partial charge is 0.468 e. The molecular weight excluding hydrogens is 280 g/mol. The summed E-state index contributed by atoms with van der Waals surface area (Å²) in [6.45, 7) is 0.505. The normalized spacial score (nSPS) is 16.3. The summed E-state index contributed by atoms with van der Waals surface area (Å²) in [5.41, 5.74) is -0.397. The number of furan rings is 1. The third kappa shape index (κ3) is 4.43. The molecule has 0 fully saturated rings. The Kier molecular flexibility index (Phi) is 5.34. The molecule has 0 aromatic carbocycles. The van der Waals surface area contributed by atoms with Crippen molar-refractivity contribution in [3.8, 4) is 12.3 Å². The molecule has 1 aromatic rings. The number of terminal acetylenes is 1. The van der Waals surface area contributed by atoms with Gasteiger partial charge in [0.05, 0.1) is 12.3 Å². The molecule has 1 aromatic heterocycles. The second kappa shape index (κ2) is 7.23. The molecule has 2 heterocycles. The zero-order chi connectivity index (χ0) is 16.0. The monoisotopic (exact) mass is 302 g/mol. The molecule has 0 saturated heterocycles. The molecule has 6 heteroatoms. The summed E-state index contributed by atoms with van der Waals surface area (Å²) in [7, 11) is 3.91. The van der Waals surface area contributed by atoms with Crippen LogP contribution in [0.1, 0.15) is 37.5 Å². The van der Waals surface area contributed by atoms with Crippen LogP contribution >= 0.6 is 0 Å². The summed E-state index contributed by atoms with van der Waals surface area (Å²) >= 11 is 0. The van der Waals surface area contributed by atoms with Gasteiger partial charge in [-0.1, -0.05) is 0 Å². The Morgan fingerprint density at radius 3 is 2.82 bits per heavy atom. The fraction of sp³-hybridized carbons (Fsp3) is 0.562. The van der Waals surface area contributed by atoms with Gasteiger partial charge in [-0.2, -0.15) is 10.2 Å². The van der Waals surface area contributed by atoms with E-state index in [1.807, 2.05) is 31.1 Å². The molecule has 0 saturated carbocycles. The topological polar surface area (TPSA) is 70.2 Å². The minimum absolute atomic E-state index is 0.00390. The molecule has 1 atom stereocenters. The Morgan fingerprint density at radius 2 is 2.27 bits per heavy atom. The molecule has 1 aliphatic rings. The van der Waals surface area contributed by atoms with Gasteiger partial charge in [-0.15, -0.1) is 12.3 Å². The van der Waals surface area contributed by atoms with Gasteiger partial charge in [0.25, 0.3) is 0 Å². The van der Waals surface area contributed by atoms with E-state index in [2.05, 4.69) is 21.5 Å². The van der Waals surface area contributed by atoms with E-state index < -0.39 is 5.66 Å².